The van der Waals surface area contributed by atoms with E-state index in [1.807, 2.05) is 0 Å². The second-order valence-corrected chi connectivity index (χ2v) is 5.75. The van der Waals surface area contributed by atoms with Crippen molar-refractivity contribution in [3.05, 3.63) is 16.1 Å². The third-order valence-corrected chi connectivity index (χ3v) is 4.20. The van der Waals surface area contributed by atoms with E-state index in [1.165, 1.54) is 16.7 Å². The summed E-state index contributed by atoms with van der Waals surface area (Å²) in [5, 5.41) is 13.7. The zero-order valence-electron chi connectivity index (χ0n) is 11.3. The summed E-state index contributed by atoms with van der Waals surface area (Å²) in [5.41, 5.74) is 0.0155. The summed E-state index contributed by atoms with van der Waals surface area (Å²) >= 11 is 1.24. The fourth-order valence-corrected chi connectivity index (χ4v) is 2.92. The van der Waals surface area contributed by atoms with Gasteiger partial charge in [0.2, 0.25) is 5.91 Å². The highest BCUT2D eigenvalue weighted by atomic mass is 32.1. The normalized spacial score (nSPS) is 20.4. The van der Waals surface area contributed by atoms with Crippen LogP contribution in [0, 0.1) is 0 Å². The largest absolute Gasteiger partial charge is 0.476 e. The van der Waals surface area contributed by atoms with Gasteiger partial charge in [-0.05, 0) is 26.2 Å². The zero-order valence-corrected chi connectivity index (χ0v) is 12.1. The van der Waals surface area contributed by atoms with Crippen molar-refractivity contribution in [2.24, 2.45) is 0 Å². The molecule has 1 aliphatic heterocycles. The molecule has 1 aliphatic rings. The van der Waals surface area contributed by atoms with Gasteiger partial charge in [0.15, 0.2) is 5.69 Å². The summed E-state index contributed by atoms with van der Waals surface area (Å²) in [6.45, 7) is 2.52. The molecule has 1 aromatic rings. The van der Waals surface area contributed by atoms with Gasteiger partial charge in [-0.1, -0.05) is 0 Å². The number of nitrogens with zero attached hydrogens (tertiary/aromatic N) is 1. The standard InChI is InChI=1S/C13H18N2O4S/c1-8(12-15-10(7-20-12)13(17)18)14-11(16)6-9-4-2-3-5-19-9/h7-9H,2-6H2,1H3,(H,14,16)(H,17,18). The minimum Gasteiger partial charge on any atom is -0.476 e. The van der Waals surface area contributed by atoms with Crippen LogP contribution in [-0.2, 0) is 9.53 Å². The number of carbonyl (C=O) groups is 2. The van der Waals surface area contributed by atoms with Gasteiger partial charge in [0.1, 0.15) is 5.01 Å². The summed E-state index contributed by atoms with van der Waals surface area (Å²) in [6, 6.07) is -0.288. The van der Waals surface area contributed by atoms with Gasteiger partial charge < -0.3 is 15.2 Å². The van der Waals surface area contributed by atoms with Crippen LogP contribution in [0.3, 0.4) is 0 Å². The first kappa shape index (κ1) is 14.9. The molecule has 6 nitrogen and oxygen atoms in total. The van der Waals surface area contributed by atoms with Crippen LogP contribution < -0.4 is 5.32 Å². The van der Waals surface area contributed by atoms with Crippen molar-refractivity contribution in [3.8, 4) is 0 Å². The lowest BCUT2D eigenvalue weighted by Crippen LogP contribution is -2.32. The van der Waals surface area contributed by atoms with Crippen LogP contribution in [0.25, 0.3) is 0 Å². The topological polar surface area (TPSA) is 88.5 Å². The molecule has 2 unspecified atom stereocenters. The summed E-state index contributed by atoms with van der Waals surface area (Å²) in [4.78, 5) is 26.6. The minimum atomic E-state index is -1.05. The Balaban J connectivity index is 1.84. The quantitative estimate of drug-likeness (QED) is 0.867. The Kier molecular flexibility index (Phi) is 5.08. The van der Waals surface area contributed by atoms with Crippen molar-refractivity contribution < 1.29 is 19.4 Å². The summed E-state index contributed by atoms with van der Waals surface area (Å²) < 4.78 is 5.52. The summed E-state index contributed by atoms with van der Waals surface area (Å²) in [7, 11) is 0. The number of carbonyl (C=O) groups excluding carboxylic acids is 1. The van der Waals surface area contributed by atoms with Crippen molar-refractivity contribution in [2.45, 2.75) is 44.8 Å². The van der Waals surface area contributed by atoms with Gasteiger partial charge >= 0.3 is 5.97 Å². The molecule has 7 heteroatoms. The Labute approximate surface area is 121 Å². The van der Waals surface area contributed by atoms with Crippen LogP contribution >= 0.6 is 11.3 Å². The zero-order chi connectivity index (χ0) is 14.5. The van der Waals surface area contributed by atoms with E-state index in [-0.39, 0.29) is 23.7 Å². The van der Waals surface area contributed by atoms with Crippen molar-refractivity contribution in [1.29, 1.82) is 0 Å². The molecular weight excluding hydrogens is 280 g/mol. The number of hydrogen-bond donors (Lipinski definition) is 2. The molecule has 2 rings (SSSR count). The second-order valence-electron chi connectivity index (χ2n) is 4.86. The third kappa shape index (κ3) is 4.01. The number of aromatic nitrogens is 1. The van der Waals surface area contributed by atoms with Crippen LogP contribution in [0.15, 0.2) is 5.38 Å². The lowest BCUT2D eigenvalue weighted by molar-refractivity contribution is -0.125. The molecule has 0 bridgehead atoms. The van der Waals surface area contributed by atoms with Crippen LogP contribution in [0.1, 0.15) is 54.1 Å². The smallest absolute Gasteiger partial charge is 0.355 e. The molecule has 20 heavy (non-hydrogen) atoms. The molecule has 110 valence electrons. The number of carboxylic acids is 1. The molecular formula is C13H18N2O4S. The van der Waals surface area contributed by atoms with Crippen LogP contribution in [0.2, 0.25) is 0 Å². The van der Waals surface area contributed by atoms with Crippen molar-refractivity contribution >= 4 is 23.2 Å². The van der Waals surface area contributed by atoms with E-state index < -0.39 is 5.97 Å². The van der Waals surface area contributed by atoms with Crippen LogP contribution in [0.5, 0.6) is 0 Å². The van der Waals surface area contributed by atoms with E-state index in [2.05, 4.69) is 10.3 Å². The monoisotopic (exact) mass is 298 g/mol. The molecule has 0 aromatic carbocycles. The Morgan fingerprint density at radius 3 is 3.00 bits per heavy atom. The summed E-state index contributed by atoms with van der Waals surface area (Å²) in [6.07, 6.45) is 3.43. The maximum Gasteiger partial charge on any atom is 0.355 e. The Morgan fingerprint density at radius 1 is 1.60 bits per heavy atom. The third-order valence-electron chi connectivity index (χ3n) is 3.18. The minimum absolute atomic E-state index is 0.00169. The molecule has 1 saturated heterocycles. The molecule has 0 aliphatic carbocycles. The average molecular weight is 298 g/mol. The van der Waals surface area contributed by atoms with Gasteiger partial charge in [-0.3, -0.25) is 4.79 Å². The Bertz CT molecular complexity index is 482. The second kappa shape index (κ2) is 6.81. The van der Waals surface area contributed by atoms with Crippen molar-refractivity contribution in [3.63, 3.8) is 0 Å². The predicted molar refractivity (Wildman–Crippen MR) is 73.8 cm³/mol. The number of amides is 1. The molecule has 2 N–H and O–H groups in total. The van der Waals surface area contributed by atoms with Gasteiger partial charge in [-0.15, -0.1) is 11.3 Å². The van der Waals surface area contributed by atoms with Gasteiger partial charge in [-0.25, -0.2) is 9.78 Å². The number of thiazole rings is 1. The van der Waals surface area contributed by atoms with Gasteiger partial charge in [0, 0.05) is 12.0 Å². The van der Waals surface area contributed by atoms with Gasteiger partial charge in [0.05, 0.1) is 18.6 Å². The van der Waals surface area contributed by atoms with E-state index in [0.717, 1.165) is 25.9 Å². The molecule has 2 atom stereocenters. The Hall–Kier alpha value is -1.47. The molecule has 1 amide bonds. The highest BCUT2D eigenvalue weighted by molar-refractivity contribution is 7.09. The molecule has 2 heterocycles. The molecule has 1 fully saturated rings. The fraction of sp³-hybridized carbons (Fsp3) is 0.615. The first-order chi connectivity index (χ1) is 9.56. The number of hydrogen-bond acceptors (Lipinski definition) is 5. The van der Waals surface area contributed by atoms with E-state index in [1.54, 1.807) is 6.92 Å². The highest BCUT2D eigenvalue weighted by Crippen LogP contribution is 2.19. The first-order valence-corrected chi connectivity index (χ1v) is 7.54. The summed E-state index contributed by atoms with van der Waals surface area (Å²) in [5.74, 6) is -1.14. The maximum absolute atomic E-state index is 11.9. The van der Waals surface area contributed by atoms with Gasteiger partial charge in [-0.2, -0.15) is 0 Å². The number of aromatic carboxylic acids is 1. The predicted octanol–water partition coefficient (Wildman–Crippen LogP) is 1.98. The SMILES string of the molecule is CC(NC(=O)CC1CCCCO1)c1nc(C(=O)O)cs1. The van der Waals surface area contributed by atoms with Crippen LogP contribution in [0.4, 0.5) is 0 Å². The van der Waals surface area contributed by atoms with Crippen molar-refractivity contribution in [1.82, 2.24) is 10.3 Å². The van der Waals surface area contributed by atoms with Crippen molar-refractivity contribution in [2.75, 3.05) is 6.61 Å². The first-order valence-electron chi connectivity index (χ1n) is 6.66. The number of carboxylic acid groups (broad SMARTS) is 1. The number of rotatable bonds is 5. The lowest BCUT2D eigenvalue weighted by atomic mass is 10.1. The molecule has 0 spiro atoms. The van der Waals surface area contributed by atoms with E-state index in [0.29, 0.717) is 11.4 Å². The highest BCUT2D eigenvalue weighted by Gasteiger charge is 2.20. The maximum atomic E-state index is 11.9. The number of ether oxygens (including phenoxy) is 1. The van der Waals surface area contributed by atoms with E-state index in [9.17, 15) is 9.59 Å². The fourth-order valence-electron chi connectivity index (χ4n) is 2.12. The number of nitrogens with one attached hydrogen (secondary N) is 1. The van der Waals surface area contributed by atoms with E-state index in [4.69, 9.17) is 9.84 Å². The van der Waals surface area contributed by atoms with Gasteiger partial charge in [0.25, 0.3) is 0 Å². The lowest BCUT2D eigenvalue weighted by Gasteiger charge is -2.22. The molecule has 1 aromatic heterocycles. The van der Waals surface area contributed by atoms with E-state index >= 15 is 0 Å². The average Bonchev–Trinajstić information content (AvgIpc) is 2.89. The van der Waals surface area contributed by atoms with Crippen LogP contribution in [-0.4, -0.2) is 34.7 Å². The molecule has 0 saturated carbocycles. The Morgan fingerprint density at radius 2 is 2.40 bits per heavy atom. The molecule has 0 radical (unpaired) electrons.